The Morgan fingerprint density at radius 2 is 1.47 bits per heavy atom. The quantitative estimate of drug-likeness (QED) is 0.327. The minimum absolute atomic E-state index is 0.274. The Balaban J connectivity index is 1.25. The molecule has 2 aromatic rings. The highest BCUT2D eigenvalue weighted by atomic mass is 16.6. The second-order valence-electron chi connectivity index (χ2n) is 9.72. The number of hydrogen-bond acceptors (Lipinski definition) is 4. The van der Waals surface area contributed by atoms with E-state index in [1.54, 1.807) is 0 Å². The molecular weight excluding hydrogens is 424 g/mol. The van der Waals surface area contributed by atoms with Gasteiger partial charge in [-0.15, -0.1) is 0 Å². The van der Waals surface area contributed by atoms with Crippen molar-refractivity contribution >= 4 is 11.1 Å². The summed E-state index contributed by atoms with van der Waals surface area (Å²) in [6, 6.07) is 15.2. The van der Waals surface area contributed by atoms with Gasteiger partial charge in [-0.25, -0.2) is 0 Å². The van der Waals surface area contributed by atoms with E-state index in [-0.39, 0.29) is 12.2 Å². The van der Waals surface area contributed by atoms with Crippen LogP contribution in [0.3, 0.4) is 0 Å². The molecule has 34 heavy (non-hydrogen) atoms. The first kappa shape index (κ1) is 23.2. The SMILES string of the molecule is CCCCC(C)c1cc(C2=CCC(c3ccc(OCC4CO4)cc3)=CC2)ccc1OCC1CO1. The van der Waals surface area contributed by atoms with Gasteiger partial charge in [0.1, 0.15) is 36.9 Å². The molecule has 4 heteroatoms. The number of epoxide rings is 2. The highest BCUT2D eigenvalue weighted by Gasteiger charge is 2.25. The van der Waals surface area contributed by atoms with Gasteiger partial charge in [0.15, 0.2) is 0 Å². The summed E-state index contributed by atoms with van der Waals surface area (Å²) in [7, 11) is 0. The summed E-state index contributed by atoms with van der Waals surface area (Å²) >= 11 is 0. The van der Waals surface area contributed by atoms with E-state index in [0.717, 1.165) is 37.6 Å². The molecule has 2 aliphatic heterocycles. The predicted octanol–water partition coefficient (Wildman–Crippen LogP) is 6.80. The molecule has 3 unspecified atom stereocenters. The molecule has 0 N–H and O–H groups in total. The number of ether oxygens (including phenoxy) is 4. The van der Waals surface area contributed by atoms with E-state index < -0.39 is 0 Å². The topological polar surface area (TPSA) is 43.5 Å². The lowest BCUT2D eigenvalue weighted by molar-refractivity contribution is 0.260. The Kier molecular flexibility index (Phi) is 7.36. The van der Waals surface area contributed by atoms with Crippen molar-refractivity contribution in [1.29, 1.82) is 0 Å². The maximum absolute atomic E-state index is 6.15. The van der Waals surface area contributed by atoms with Gasteiger partial charge in [-0.05, 0) is 77.3 Å². The summed E-state index contributed by atoms with van der Waals surface area (Å²) in [4.78, 5) is 0. The molecule has 3 atom stereocenters. The molecule has 2 aromatic carbocycles. The smallest absolute Gasteiger partial charge is 0.122 e. The molecule has 5 rings (SSSR count). The zero-order chi connectivity index (χ0) is 23.3. The van der Waals surface area contributed by atoms with E-state index >= 15 is 0 Å². The van der Waals surface area contributed by atoms with Crippen LogP contribution >= 0.6 is 0 Å². The summed E-state index contributed by atoms with van der Waals surface area (Å²) in [5.41, 5.74) is 6.69. The van der Waals surface area contributed by atoms with Crippen molar-refractivity contribution in [1.82, 2.24) is 0 Å². The fraction of sp³-hybridized carbons (Fsp3) is 0.467. The molecule has 1 aliphatic carbocycles. The predicted molar refractivity (Wildman–Crippen MR) is 136 cm³/mol. The second-order valence-corrected chi connectivity index (χ2v) is 9.72. The molecule has 3 aliphatic rings. The van der Waals surface area contributed by atoms with Crippen molar-refractivity contribution in [2.45, 2.75) is 64.1 Å². The lowest BCUT2D eigenvalue weighted by atomic mass is 9.87. The third-order valence-electron chi connectivity index (χ3n) is 6.93. The Morgan fingerprint density at radius 3 is 2.09 bits per heavy atom. The number of benzene rings is 2. The van der Waals surface area contributed by atoms with Gasteiger partial charge < -0.3 is 18.9 Å². The molecule has 0 bridgehead atoms. The Morgan fingerprint density at radius 1 is 0.853 bits per heavy atom. The molecule has 2 heterocycles. The minimum Gasteiger partial charge on any atom is -0.491 e. The summed E-state index contributed by atoms with van der Waals surface area (Å²) in [6.45, 7) is 7.53. The van der Waals surface area contributed by atoms with Gasteiger partial charge in [-0.1, -0.05) is 57.0 Å². The van der Waals surface area contributed by atoms with Crippen LogP contribution < -0.4 is 9.47 Å². The molecule has 0 amide bonds. The van der Waals surface area contributed by atoms with Crippen LogP contribution in [0.4, 0.5) is 0 Å². The Hall–Kier alpha value is -2.56. The van der Waals surface area contributed by atoms with Gasteiger partial charge in [0, 0.05) is 0 Å². The van der Waals surface area contributed by atoms with Crippen molar-refractivity contribution in [3.63, 3.8) is 0 Å². The second kappa shape index (κ2) is 10.8. The maximum atomic E-state index is 6.15. The van der Waals surface area contributed by atoms with E-state index in [9.17, 15) is 0 Å². The molecule has 0 aromatic heterocycles. The Bertz CT molecular complexity index is 1030. The van der Waals surface area contributed by atoms with Crippen LogP contribution in [0.25, 0.3) is 11.1 Å². The van der Waals surface area contributed by atoms with Crippen molar-refractivity contribution in [2.75, 3.05) is 26.4 Å². The van der Waals surface area contributed by atoms with Gasteiger partial charge >= 0.3 is 0 Å². The summed E-state index contributed by atoms with van der Waals surface area (Å²) in [6.07, 6.45) is 10.9. The van der Waals surface area contributed by atoms with E-state index in [0.29, 0.717) is 19.1 Å². The fourth-order valence-electron chi connectivity index (χ4n) is 4.50. The van der Waals surface area contributed by atoms with Crippen molar-refractivity contribution in [3.8, 4) is 11.5 Å². The zero-order valence-electron chi connectivity index (χ0n) is 20.4. The minimum atomic E-state index is 0.274. The van der Waals surface area contributed by atoms with E-state index in [4.69, 9.17) is 18.9 Å². The lowest BCUT2D eigenvalue weighted by Gasteiger charge is -2.20. The normalized spacial score (nSPS) is 21.9. The fourth-order valence-corrected chi connectivity index (χ4v) is 4.50. The monoisotopic (exact) mass is 460 g/mol. The van der Waals surface area contributed by atoms with Gasteiger partial charge in [-0.2, -0.15) is 0 Å². The van der Waals surface area contributed by atoms with Gasteiger partial charge in [0.05, 0.1) is 13.2 Å². The zero-order valence-corrected chi connectivity index (χ0v) is 20.4. The number of allylic oxidation sites excluding steroid dienone is 4. The van der Waals surface area contributed by atoms with Crippen molar-refractivity contribution < 1.29 is 18.9 Å². The van der Waals surface area contributed by atoms with E-state index in [1.807, 2.05) is 0 Å². The standard InChI is InChI=1S/C30H36O4/c1-3-4-5-21(2)29-16-25(12-15-30(29)34-20-28-19-33-28)24-8-6-22(7-9-24)23-10-13-26(14-11-23)31-17-27-18-32-27/h6,9-16,21,27-28H,3-5,7-8,17-20H2,1-2H3. The first-order chi connectivity index (χ1) is 16.7. The highest BCUT2D eigenvalue weighted by Crippen LogP contribution is 2.37. The average molecular weight is 461 g/mol. The summed E-state index contributed by atoms with van der Waals surface area (Å²) in [5.74, 6) is 2.41. The van der Waals surface area contributed by atoms with Crippen LogP contribution in [0.5, 0.6) is 11.5 Å². The number of unbranched alkanes of at least 4 members (excludes halogenated alkanes) is 1. The number of hydrogen-bond donors (Lipinski definition) is 0. The molecule has 2 saturated heterocycles. The van der Waals surface area contributed by atoms with Crippen molar-refractivity contribution in [2.24, 2.45) is 0 Å². The molecule has 0 saturated carbocycles. The summed E-state index contributed by atoms with van der Waals surface area (Å²) < 4.78 is 22.5. The van der Waals surface area contributed by atoms with Crippen LogP contribution in [0.1, 0.15) is 68.6 Å². The maximum Gasteiger partial charge on any atom is 0.122 e. The third-order valence-corrected chi connectivity index (χ3v) is 6.93. The third kappa shape index (κ3) is 6.11. The van der Waals surface area contributed by atoms with Crippen LogP contribution in [-0.4, -0.2) is 38.6 Å². The van der Waals surface area contributed by atoms with Crippen LogP contribution in [0.15, 0.2) is 54.6 Å². The van der Waals surface area contributed by atoms with Gasteiger partial charge in [-0.3, -0.25) is 0 Å². The van der Waals surface area contributed by atoms with Crippen LogP contribution in [-0.2, 0) is 9.47 Å². The lowest BCUT2D eigenvalue weighted by Crippen LogP contribution is -2.08. The average Bonchev–Trinajstić information content (AvgIpc) is 3.81. The largest absolute Gasteiger partial charge is 0.491 e. The molecule has 4 nitrogen and oxygen atoms in total. The Labute approximate surface area is 203 Å². The highest BCUT2D eigenvalue weighted by molar-refractivity contribution is 5.78. The molecular formula is C30H36O4. The molecule has 0 spiro atoms. The molecule has 2 fully saturated rings. The van der Waals surface area contributed by atoms with Crippen LogP contribution in [0, 0.1) is 0 Å². The molecule has 180 valence electrons. The number of rotatable bonds is 12. The van der Waals surface area contributed by atoms with Crippen molar-refractivity contribution in [3.05, 3.63) is 71.3 Å². The van der Waals surface area contributed by atoms with E-state index in [1.165, 1.54) is 47.1 Å². The first-order valence-electron chi connectivity index (χ1n) is 12.8. The van der Waals surface area contributed by atoms with Gasteiger partial charge in [0.2, 0.25) is 0 Å². The molecule has 0 radical (unpaired) electrons. The summed E-state index contributed by atoms with van der Waals surface area (Å²) in [5, 5.41) is 0. The van der Waals surface area contributed by atoms with Crippen LogP contribution in [0.2, 0.25) is 0 Å². The van der Waals surface area contributed by atoms with E-state index in [2.05, 4.69) is 68.5 Å². The van der Waals surface area contributed by atoms with Gasteiger partial charge in [0.25, 0.3) is 0 Å². The first-order valence-corrected chi connectivity index (χ1v) is 12.8.